The molecule has 1 spiro atoms. The Bertz CT molecular complexity index is 653. The van der Waals surface area contributed by atoms with Gasteiger partial charge in [0.2, 0.25) is 0 Å². The molecule has 0 N–H and O–H groups in total. The summed E-state index contributed by atoms with van der Waals surface area (Å²) in [6.07, 6.45) is 1.90. The summed E-state index contributed by atoms with van der Waals surface area (Å²) in [5.74, 6) is 0.799. The van der Waals surface area contributed by atoms with E-state index in [-0.39, 0.29) is 11.6 Å². The van der Waals surface area contributed by atoms with E-state index < -0.39 is 0 Å². The highest BCUT2D eigenvalue weighted by atomic mass is 16.5. The Labute approximate surface area is 142 Å². The van der Waals surface area contributed by atoms with Crippen LogP contribution in [0.5, 0.6) is 0 Å². The van der Waals surface area contributed by atoms with Crippen LogP contribution in [0.4, 0.5) is 10.6 Å². The van der Waals surface area contributed by atoms with Crippen LogP contribution in [0.25, 0.3) is 0 Å². The number of urea groups is 1. The van der Waals surface area contributed by atoms with E-state index in [1.165, 1.54) is 0 Å². The van der Waals surface area contributed by atoms with Crippen LogP contribution in [0.15, 0.2) is 18.2 Å². The quantitative estimate of drug-likeness (QED) is 0.777. The summed E-state index contributed by atoms with van der Waals surface area (Å²) in [5, 5.41) is 9.05. The fourth-order valence-electron chi connectivity index (χ4n) is 3.49. The highest BCUT2D eigenvalue weighted by molar-refractivity contribution is 5.74. The van der Waals surface area contributed by atoms with Crippen molar-refractivity contribution in [3.8, 4) is 6.07 Å². The van der Waals surface area contributed by atoms with Gasteiger partial charge in [-0.1, -0.05) is 6.07 Å². The number of anilines is 1. The Kier molecular flexibility index (Phi) is 4.58. The largest absolute Gasteiger partial charge is 0.369 e. The molecule has 0 bridgehead atoms. The Morgan fingerprint density at radius 1 is 1.38 bits per heavy atom. The molecule has 1 atom stereocenters. The summed E-state index contributed by atoms with van der Waals surface area (Å²) < 4.78 is 6.13. The summed E-state index contributed by atoms with van der Waals surface area (Å²) in [6.45, 7) is 3.35. The Hall–Kier alpha value is -2.33. The molecule has 3 rings (SSSR count). The molecule has 1 aromatic heterocycles. The lowest BCUT2D eigenvalue weighted by molar-refractivity contribution is -0.104. The number of aromatic nitrogens is 1. The zero-order chi connectivity index (χ0) is 17.2. The van der Waals surface area contributed by atoms with E-state index >= 15 is 0 Å². The highest BCUT2D eigenvalue weighted by Crippen LogP contribution is 2.31. The number of morpholine rings is 1. The summed E-state index contributed by atoms with van der Waals surface area (Å²) in [7, 11) is 3.55. The van der Waals surface area contributed by atoms with Crippen molar-refractivity contribution in [1.82, 2.24) is 14.8 Å². The predicted octanol–water partition coefficient (Wildman–Crippen LogP) is 1.31. The normalized spacial score (nSPS) is 23.9. The van der Waals surface area contributed by atoms with Gasteiger partial charge in [-0.2, -0.15) is 5.26 Å². The van der Waals surface area contributed by atoms with Crippen LogP contribution in [-0.4, -0.2) is 73.3 Å². The van der Waals surface area contributed by atoms with Gasteiger partial charge in [-0.3, -0.25) is 0 Å². The van der Waals surface area contributed by atoms with E-state index in [0.29, 0.717) is 31.9 Å². The third-order valence-corrected chi connectivity index (χ3v) is 4.61. The average molecular weight is 329 g/mol. The molecule has 0 saturated carbocycles. The first kappa shape index (κ1) is 16.5. The van der Waals surface area contributed by atoms with Gasteiger partial charge in [0.1, 0.15) is 23.2 Å². The zero-order valence-electron chi connectivity index (χ0n) is 14.2. The van der Waals surface area contributed by atoms with Gasteiger partial charge in [0.15, 0.2) is 0 Å². The molecule has 7 heteroatoms. The fourth-order valence-corrected chi connectivity index (χ4v) is 3.49. The lowest BCUT2D eigenvalue weighted by Crippen LogP contribution is -2.62. The topological polar surface area (TPSA) is 72.7 Å². The minimum absolute atomic E-state index is 0.0272. The molecule has 2 saturated heterocycles. The van der Waals surface area contributed by atoms with Crippen LogP contribution >= 0.6 is 0 Å². The van der Waals surface area contributed by atoms with Crippen molar-refractivity contribution < 1.29 is 9.53 Å². The van der Waals surface area contributed by atoms with Gasteiger partial charge in [0, 0.05) is 27.2 Å². The number of nitrogens with zero attached hydrogens (tertiary/aromatic N) is 5. The minimum atomic E-state index is -0.355. The zero-order valence-corrected chi connectivity index (χ0v) is 14.2. The maximum Gasteiger partial charge on any atom is 0.319 e. The predicted molar refractivity (Wildman–Crippen MR) is 89.7 cm³/mol. The van der Waals surface area contributed by atoms with E-state index in [1.807, 2.05) is 17.0 Å². The van der Waals surface area contributed by atoms with Crippen molar-refractivity contribution in [2.24, 2.45) is 0 Å². The van der Waals surface area contributed by atoms with Gasteiger partial charge in [0.05, 0.1) is 19.7 Å². The number of rotatable bonds is 1. The Morgan fingerprint density at radius 3 is 2.96 bits per heavy atom. The van der Waals surface area contributed by atoms with E-state index in [4.69, 9.17) is 10.00 Å². The number of nitriles is 1. The van der Waals surface area contributed by atoms with Gasteiger partial charge in [-0.05, 0) is 25.0 Å². The molecular weight excluding hydrogens is 306 g/mol. The number of hydrogen-bond donors (Lipinski definition) is 0. The number of piperidine rings is 1. The molecule has 2 aliphatic rings. The Balaban J connectivity index is 1.76. The molecule has 2 fully saturated rings. The summed E-state index contributed by atoms with van der Waals surface area (Å²) in [6, 6.07) is 7.59. The van der Waals surface area contributed by atoms with Crippen molar-refractivity contribution in [2.45, 2.75) is 18.4 Å². The van der Waals surface area contributed by atoms with Crippen molar-refractivity contribution >= 4 is 11.8 Å². The number of hydrogen-bond acceptors (Lipinski definition) is 5. The summed E-state index contributed by atoms with van der Waals surface area (Å²) in [4.78, 5) is 22.3. The molecule has 0 unspecified atom stereocenters. The maximum absolute atomic E-state index is 12.3. The third kappa shape index (κ3) is 3.29. The number of carbonyl (C=O) groups is 1. The monoisotopic (exact) mass is 329 g/mol. The average Bonchev–Trinajstić information content (AvgIpc) is 2.61. The third-order valence-electron chi connectivity index (χ3n) is 4.61. The molecule has 1 aromatic rings. The standard InChI is InChI=1S/C17H23N5O2/c1-20(2)16(23)22-9-10-24-17(13-22)7-4-8-21(12-17)15-6-3-5-14(11-18)19-15/h3,5-6H,4,7-10,12-13H2,1-2H3/t17-/m1/s1. The van der Waals surface area contributed by atoms with Crippen LogP contribution in [0.3, 0.4) is 0 Å². The fraction of sp³-hybridized carbons (Fsp3) is 0.588. The minimum Gasteiger partial charge on any atom is -0.369 e. The van der Waals surface area contributed by atoms with Gasteiger partial charge in [0.25, 0.3) is 0 Å². The summed E-state index contributed by atoms with van der Waals surface area (Å²) >= 11 is 0. The highest BCUT2D eigenvalue weighted by Gasteiger charge is 2.42. The van der Waals surface area contributed by atoms with E-state index in [1.54, 1.807) is 25.1 Å². The van der Waals surface area contributed by atoms with Crippen LogP contribution in [0, 0.1) is 11.3 Å². The van der Waals surface area contributed by atoms with E-state index in [9.17, 15) is 4.79 Å². The van der Waals surface area contributed by atoms with Crippen LogP contribution in [0.2, 0.25) is 0 Å². The second kappa shape index (κ2) is 6.65. The number of amides is 2. The first-order chi connectivity index (χ1) is 11.5. The molecule has 0 radical (unpaired) electrons. The van der Waals surface area contributed by atoms with Crippen molar-refractivity contribution in [3.63, 3.8) is 0 Å². The van der Waals surface area contributed by atoms with Crippen LogP contribution < -0.4 is 4.90 Å². The second-order valence-electron chi connectivity index (χ2n) is 6.65. The number of pyridine rings is 1. The molecule has 7 nitrogen and oxygen atoms in total. The van der Waals surface area contributed by atoms with E-state index in [2.05, 4.69) is 16.0 Å². The molecule has 2 amide bonds. The molecule has 3 heterocycles. The van der Waals surface area contributed by atoms with Gasteiger partial charge in [-0.15, -0.1) is 0 Å². The lowest BCUT2D eigenvalue weighted by Gasteiger charge is -2.48. The molecule has 0 aliphatic carbocycles. The first-order valence-electron chi connectivity index (χ1n) is 8.25. The molecule has 128 valence electrons. The maximum atomic E-state index is 12.3. The lowest BCUT2D eigenvalue weighted by atomic mass is 9.90. The van der Waals surface area contributed by atoms with Gasteiger partial charge in [-0.25, -0.2) is 9.78 Å². The molecule has 24 heavy (non-hydrogen) atoms. The van der Waals surface area contributed by atoms with Gasteiger partial charge < -0.3 is 19.4 Å². The van der Waals surface area contributed by atoms with Crippen LogP contribution in [-0.2, 0) is 4.74 Å². The number of carbonyl (C=O) groups excluding carboxylic acids is 1. The van der Waals surface area contributed by atoms with Crippen molar-refractivity contribution in [1.29, 1.82) is 5.26 Å². The molecular formula is C17H23N5O2. The van der Waals surface area contributed by atoms with Crippen molar-refractivity contribution in [3.05, 3.63) is 23.9 Å². The first-order valence-corrected chi connectivity index (χ1v) is 8.25. The smallest absolute Gasteiger partial charge is 0.319 e. The van der Waals surface area contributed by atoms with Crippen LogP contribution in [0.1, 0.15) is 18.5 Å². The molecule has 2 aliphatic heterocycles. The SMILES string of the molecule is CN(C)C(=O)N1CCO[C@@]2(CCCN(c3cccc(C#N)n3)C2)C1. The number of ether oxygens (including phenoxy) is 1. The second-order valence-corrected chi connectivity index (χ2v) is 6.65. The molecule has 0 aromatic carbocycles. The Morgan fingerprint density at radius 2 is 2.21 bits per heavy atom. The summed E-state index contributed by atoms with van der Waals surface area (Å²) in [5.41, 5.74) is 0.0630. The van der Waals surface area contributed by atoms with Crippen molar-refractivity contribution in [2.75, 3.05) is 51.8 Å². The van der Waals surface area contributed by atoms with Gasteiger partial charge >= 0.3 is 6.03 Å². The van der Waals surface area contributed by atoms with E-state index in [0.717, 1.165) is 25.2 Å².